The van der Waals surface area contributed by atoms with Crippen LogP contribution in [0.1, 0.15) is 17.3 Å². The molecular formula is C17H14BrClN4O2. The summed E-state index contributed by atoms with van der Waals surface area (Å²) in [5.41, 5.74) is 1.71. The van der Waals surface area contributed by atoms with Crippen molar-refractivity contribution in [3.05, 3.63) is 63.9 Å². The molecule has 0 saturated carbocycles. The summed E-state index contributed by atoms with van der Waals surface area (Å²) < 4.78 is 7.92. The van der Waals surface area contributed by atoms with E-state index >= 15 is 0 Å². The monoisotopic (exact) mass is 420 g/mol. The van der Waals surface area contributed by atoms with E-state index in [1.165, 1.54) is 0 Å². The first-order valence-electron chi connectivity index (χ1n) is 7.77. The van der Waals surface area contributed by atoms with Crippen LogP contribution < -0.4 is 0 Å². The zero-order valence-corrected chi connectivity index (χ0v) is 15.4. The van der Waals surface area contributed by atoms with Gasteiger partial charge in [-0.05, 0) is 21.5 Å². The highest BCUT2D eigenvalue weighted by Crippen LogP contribution is 2.32. The fourth-order valence-corrected chi connectivity index (χ4v) is 3.78. The summed E-state index contributed by atoms with van der Waals surface area (Å²) in [5.74, 6) is 1.000. The van der Waals surface area contributed by atoms with E-state index < -0.39 is 0 Å². The maximum atomic E-state index is 12.1. The number of likely N-dealkylation sites (tertiary alicyclic amines) is 1. The van der Waals surface area contributed by atoms with E-state index in [4.69, 9.17) is 16.3 Å². The Morgan fingerprint density at radius 3 is 2.84 bits per heavy atom. The van der Waals surface area contributed by atoms with E-state index in [2.05, 4.69) is 25.9 Å². The molecule has 4 rings (SSSR count). The average molecular weight is 422 g/mol. The number of benzene rings is 1. The van der Waals surface area contributed by atoms with Gasteiger partial charge in [0.2, 0.25) is 0 Å². The highest BCUT2D eigenvalue weighted by Gasteiger charge is 2.36. The number of rotatable bonds is 3. The third-order valence-corrected chi connectivity index (χ3v) is 5.03. The Balaban J connectivity index is 1.41. The minimum absolute atomic E-state index is 0.140. The van der Waals surface area contributed by atoms with Crippen molar-refractivity contribution in [1.82, 2.24) is 19.3 Å². The molecule has 0 aliphatic carbocycles. The van der Waals surface area contributed by atoms with E-state index in [-0.39, 0.29) is 18.6 Å². The topological polar surface area (TPSA) is 59.7 Å². The molecule has 25 heavy (non-hydrogen) atoms. The zero-order chi connectivity index (χ0) is 17.4. The van der Waals surface area contributed by atoms with Crippen LogP contribution >= 0.6 is 27.5 Å². The smallest absolute Gasteiger partial charge is 0.410 e. The first-order valence-corrected chi connectivity index (χ1v) is 8.94. The third-order valence-electron chi connectivity index (χ3n) is 4.20. The van der Waals surface area contributed by atoms with Crippen molar-refractivity contribution in [3.8, 4) is 0 Å². The summed E-state index contributed by atoms with van der Waals surface area (Å²) in [6, 6.07) is 9.63. The molecule has 1 amide bonds. The molecule has 128 valence electrons. The summed E-state index contributed by atoms with van der Waals surface area (Å²) >= 11 is 9.56. The summed E-state index contributed by atoms with van der Waals surface area (Å²) in [6.45, 7) is 1.41. The lowest BCUT2D eigenvalue weighted by atomic mass is 10.0. The van der Waals surface area contributed by atoms with Crippen LogP contribution in [0.25, 0.3) is 5.52 Å². The number of fused-ring (bicyclic) bond motifs is 1. The molecule has 8 heteroatoms. The molecule has 3 aromatic rings. The van der Waals surface area contributed by atoms with Crippen LogP contribution in [0.15, 0.2) is 47.3 Å². The van der Waals surface area contributed by atoms with Crippen LogP contribution in [-0.4, -0.2) is 38.5 Å². The highest BCUT2D eigenvalue weighted by atomic mass is 79.9. The second-order valence-corrected chi connectivity index (χ2v) is 6.95. The number of imidazole rings is 1. The van der Waals surface area contributed by atoms with Gasteiger partial charge in [0, 0.05) is 25.5 Å². The van der Waals surface area contributed by atoms with Crippen molar-refractivity contribution in [2.45, 2.75) is 12.5 Å². The van der Waals surface area contributed by atoms with Gasteiger partial charge in [-0.25, -0.2) is 14.8 Å². The van der Waals surface area contributed by atoms with Crippen LogP contribution in [0, 0.1) is 0 Å². The van der Waals surface area contributed by atoms with Gasteiger partial charge in [0.1, 0.15) is 22.6 Å². The Morgan fingerprint density at radius 2 is 2.08 bits per heavy atom. The number of nitrogens with zero attached hydrogens (tertiary/aromatic N) is 4. The number of hydrogen-bond donors (Lipinski definition) is 0. The Bertz CT molecular complexity index is 925. The lowest BCUT2D eigenvalue weighted by Crippen LogP contribution is -2.49. The molecule has 1 aliphatic rings. The van der Waals surface area contributed by atoms with E-state index in [1.54, 1.807) is 11.1 Å². The fourth-order valence-electron chi connectivity index (χ4n) is 2.87. The number of ether oxygens (including phenoxy) is 1. The number of aromatic nitrogens is 3. The number of halogens is 2. The molecule has 0 radical (unpaired) electrons. The summed E-state index contributed by atoms with van der Waals surface area (Å²) in [5, 5.41) is 0.395. The molecule has 3 heterocycles. The van der Waals surface area contributed by atoms with Gasteiger partial charge in [0.25, 0.3) is 0 Å². The zero-order valence-electron chi connectivity index (χ0n) is 13.1. The molecule has 2 aromatic heterocycles. The standard InChI is InChI=1S/C17H14BrClN4O2/c18-14-13-15(19)20-6-7-23(13)16(21-14)12-8-22(9-12)17(24)25-10-11-4-2-1-3-5-11/h1-7,12H,8-10H2. The first kappa shape index (κ1) is 16.4. The molecule has 0 N–H and O–H groups in total. The lowest BCUT2D eigenvalue weighted by molar-refractivity contribution is 0.0649. The fraction of sp³-hybridized carbons (Fsp3) is 0.235. The van der Waals surface area contributed by atoms with Crippen molar-refractivity contribution < 1.29 is 9.53 Å². The van der Waals surface area contributed by atoms with Crippen molar-refractivity contribution in [2.24, 2.45) is 0 Å². The normalized spacial score (nSPS) is 14.6. The molecule has 1 fully saturated rings. The second-order valence-electron chi connectivity index (χ2n) is 5.84. The first-order chi connectivity index (χ1) is 12.1. The molecule has 1 aliphatic heterocycles. The summed E-state index contributed by atoms with van der Waals surface area (Å²) in [7, 11) is 0. The highest BCUT2D eigenvalue weighted by molar-refractivity contribution is 9.10. The second kappa shape index (κ2) is 6.65. The van der Waals surface area contributed by atoms with Crippen molar-refractivity contribution in [1.29, 1.82) is 0 Å². The van der Waals surface area contributed by atoms with Crippen molar-refractivity contribution in [3.63, 3.8) is 0 Å². The Morgan fingerprint density at radius 1 is 1.32 bits per heavy atom. The molecule has 0 bridgehead atoms. The molecular weight excluding hydrogens is 408 g/mol. The lowest BCUT2D eigenvalue weighted by Gasteiger charge is -2.37. The molecule has 0 atom stereocenters. The molecule has 1 saturated heterocycles. The predicted octanol–water partition coefficient (Wildman–Crippen LogP) is 3.88. The van der Waals surface area contributed by atoms with Gasteiger partial charge in [-0.2, -0.15) is 0 Å². The Hall–Kier alpha value is -2.12. The van der Waals surface area contributed by atoms with Gasteiger partial charge >= 0.3 is 6.09 Å². The summed E-state index contributed by atoms with van der Waals surface area (Å²) in [6.07, 6.45) is 3.15. The number of carbonyl (C=O) groups is 1. The van der Waals surface area contributed by atoms with Gasteiger partial charge in [-0.1, -0.05) is 41.9 Å². The van der Waals surface area contributed by atoms with Gasteiger partial charge in [-0.15, -0.1) is 0 Å². The largest absolute Gasteiger partial charge is 0.445 e. The summed E-state index contributed by atoms with van der Waals surface area (Å²) in [4.78, 5) is 22.4. The third kappa shape index (κ3) is 3.09. The quantitative estimate of drug-likeness (QED) is 0.644. The van der Waals surface area contributed by atoms with E-state index in [1.807, 2.05) is 40.9 Å². The minimum atomic E-state index is -0.306. The number of carbonyl (C=O) groups excluding carboxylic acids is 1. The number of amides is 1. The molecule has 1 aromatic carbocycles. The SMILES string of the molecule is O=C(OCc1ccccc1)N1CC(c2nc(Br)c3c(Cl)nccn23)C1. The van der Waals surface area contributed by atoms with Gasteiger partial charge in [-0.3, -0.25) is 4.40 Å². The van der Waals surface area contributed by atoms with Crippen LogP contribution in [0.4, 0.5) is 4.79 Å². The van der Waals surface area contributed by atoms with Crippen LogP contribution in [-0.2, 0) is 11.3 Å². The van der Waals surface area contributed by atoms with Crippen molar-refractivity contribution in [2.75, 3.05) is 13.1 Å². The predicted molar refractivity (Wildman–Crippen MR) is 96.6 cm³/mol. The molecule has 6 nitrogen and oxygen atoms in total. The van der Waals surface area contributed by atoms with E-state index in [0.29, 0.717) is 22.8 Å². The maximum absolute atomic E-state index is 12.1. The van der Waals surface area contributed by atoms with Gasteiger partial charge < -0.3 is 9.64 Å². The average Bonchev–Trinajstić information content (AvgIpc) is 2.91. The minimum Gasteiger partial charge on any atom is -0.445 e. The van der Waals surface area contributed by atoms with E-state index in [9.17, 15) is 4.79 Å². The molecule has 0 spiro atoms. The maximum Gasteiger partial charge on any atom is 0.410 e. The Kier molecular flexibility index (Phi) is 4.35. The van der Waals surface area contributed by atoms with E-state index in [0.717, 1.165) is 16.9 Å². The number of hydrogen-bond acceptors (Lipinski definition) is 4. The molecule has 0 unspecified atom stereocenters. The van der Waals surface area contributed by atoms with Crippen LogP contribution in [0.2, 0.25) is 5.15 Å². The van der Waals surface area contributed by atoms with Crippen LogP contribution in [0.5, 0.6) is 0 Å². The van der Waals surface area contributed by atoms with Gasteiger partial charge in [0.05, 0.1) is 5.92 Å². The Labute approximate surface area is 157 Å². The van der Waals surface area contributed by atoms with Gasteiger partial charge in [0.15, 0.2) is 5.15 Å². The van der Waals surface area contributed by atoms with Crippen molar-refractivity contribution >= 4 is 39.1 Å². The van der Waals surface area contributed by atoms with Crippen LogP contribution in [0.3, 0.4) is 0 Å².